The van der Waals surface area contributed by atoms with Gasteiger partial charge in [-0.1, -0.05) is 6.92 Å². The van der Waals surface area contributed by atoms with E-state index in [9.17, 15) is 10.1 Å². The molecule has 0 bridgehead atoms. The van der Waals surface area contributed by atoms with E-state index in [0.717, 1.165) is 23.6 Å². The van der Waals surface area contributed by atoms with Crippen LogP contribution in [0.1, 0.15) is 20.3 Å². The summed E-state index contributed by atoms with van der Waals surface area (Å²) >= 11 is 1.91. The monoisotopic (exact) mass is 305 g/mol. The summed E-state index contributed by atoms with van der Waals surface area (Å²) in [5.41, 5.74) is 1.60. The SMILES string of the molecule is CCSCCC(C)Nc1ccc([N+](=O)[O-])c2cccnc12. The normalized spacial score (nSPS) is 12.3. The van der Waals surface area contributed by atoms with E-state index < -0.39 is 0 Å². The predicted molar refractivity (Wildman–Crippen MR) is 89.1 cm³/mol. The number of fused-ring (bicyclic) bond motifs is 1. The number of rotatable bonds is 7. The number of non-ortho nitro benzene ring substituents is 1. The molecule has 1 unspecified atom stereocenters. The second-order valence-electron chi connectivity index (χ2n) is 4.82. The van der Waals surface area contributed by atoms with Crippen molar-refractivity contribution in [3.05, 3.63) is 40.6 Å². The van der Waals surface area contributed by atoms with Gasteiger partial charge in [0.25, 0.3) is 5.69 Å². The van der Waals surface area contributed by atoms with Crippen molar-refractivity contribution in [3.63, 3.8) is 0 Å². The molecule has 0 fully saturated rings. The minimum atomic E-state index is -0.366. The quantitative estimate of drug-likeness (QED) is 0.474. The molecular formula is C15H19N3O2S. The van der Waals surface area contributed by atoms with Crippen LogP contribution in [0.2, 0.25) is 0 Å². The fraction of sp³-hybridized carbons (Fsp3) is 0.400. The van der Waals surface area contributed by atoms with Crippen LogP contribution >= 0.6 is 11.8 Å². The van der Waals surface area contributed by atoms with E-state index in [-0.39, 0.29) is 10.6 Å². The van der Waals surface area contributed by atoms with Crippen molar-refractivity contribution < 1.29 is 4.92 Å². The van der Waals surface area contributed by atoms with Crippen LogP contribution in [0.3, 0.4) is 0 Å². The van der Waals surface area contributed by atoms with Crippen molar-refractivity contribution in [2.75, 3.05) is 16.8 Å². The van der Waals surface area contributed by atoms with Gasteiger partial charge in [0.15, 0.2) is 0 Å². The Balaban J connectivity index is 2.25. The average Bonchev–Trinajstić information content (AvgIpc) is 2.47. The third-order valence-corrected chi connectivity index (χ3v) is 4.18. The van der Waals surface area contributed by atoms with Crippen LogP contribution in [0, 0.1) is 10.1 Å². The van der Waals surface area contributed by atoms with Gasteiger partial charge in [-0.3, -0.25) is 15.1 Å². The first-order chi connectivity index (χ1) is 10.1. The molecule has 0 saturated carbocycles. The molecule has 1 heterocycles. The highest BCUT2D eigenvalue weighted by Gasteiger charge is 2.15. The Morgan fingerprint density at radius 3 is 2.95 bits per heavy atom. The Kier molecular flexibility index (Phi) is 5.38. The summed E-state index contributed by atoms with van der Waals surface area (Å²) in [6.07, 6.45) is 2.71. The van der Waals surface area contributed by atoms with E-state index >= 15 is 0 Å². The molecule has 0 radical (unpaired) electrons. The summed E-state index contributed by atoms with van der Waals surface area (Å²) in [4.78, 5) is 15.0. The highest BCUT2D eigenvalue weighted by atomic mass is 32.2. The zero-order valence-electron chi connectivity index (χ0n) is 12.2. The number of anilines is 1. The van der Waals surface area contributed by atoms with Gasteiger partial charge in [0, 0.05) is 18.3 Å². The maximum atomic E-state index is 11.1. The second kappa shape index (κ2) is 7.26. The van der Waals surface area contributed by atoms with E-state index in [2.05, 4.69) is 24.1 Å². The summed E-state index contributed by atoms with van der Waals surface area (Å²) in [6.45, 7) is 4.27. The summed E-state index contributed by atoms with van der Waals surface area (Å²) in [5.74, 6) is 2.22. The zero-order chi connectivity index (χ0) is 15.2. The summed E-state index contributed by atoms with van der Waals surface area (Å²) in [6, 6.07) is 7.05. The van der Waals surface area contributed by atoms with Crippen LogP contribution in [0.4, 0.5) is 11.4 Å². The molecule has 1 atom stereocenters. The zero-order valence-corrected chi connectivity index (χ0v) is 13.0. The first kappa shape index (κ1) is 15.6. The Morgan fingerprint density at radius 1 is 1.43 bits per heavy atom. The van der Waals surface area contributed by atoms with Crippen molar-refractivity contribution in [1.29, 1.82) is 0 Å². The fourth-order valence-corrected chi connectivity index (χ4v) is 2.98. The van der Waals surface area contributed by atoms with Gasteiger partial charge in [-0.05, 0) is 43.0 Å². The van der Waals surface area contributed by atoms with Crippen LogP contribution < -0.4 is 5.32 Å². The van der Waals surface area contributed by atoms with Crippen LogP contribution in [-0.2, 0) is 0 Å². The first-order valence-corrected chi connectivity index (χ1v) is 8.15. The minimum absolute atomic E-state index is 0.0952. The molecule has 21 heavy (non-hydrogen) atoms. The Bertz CT molecular complexity index is 633. The number of hydrogen-bond acceptors (Lipinski definition) is 5. The number of nitrogens with zero attached hydrogens (tertiary/aromatic N) is 2. The highest BCUT2D eigenvalue weighted by Crippen LogP contribution is 2.30. The van der Waals surface area contributed by atoms with Crippen molar-refractivity contribution in [2.45, 2.75) is 26.3 Å². The summed E-state index contributed by atoms with van der Waals surface area (Å²) in [7, 11) is 0. The molecule has 2 rings (SSSR count). The minimum Gasteiger partial charge on any atom is -0.381 e. The molecular weight excluding hydrogens is 286 g/mol. The van der Waals surface area contributed by atoms with Gasteiger partial charge in [0.05, 0.1) is 16.0 Å². The molecule has 1 aromatic heterocycles. The maximum absolute atomic E-state index is 11.1. The second-order valence-corrected chi connectivity index (χ2v) is 6.21. The van der Waals surface area contributed by atoms with Crippen molar-refractivity contribution in [1.82, 2.24) is 4.98 Å². The van der Waals surface area contributed by atoms with Gasteiger partial charge in [0.2, 0.25) is 0 Å². The number of thioether (sulfide) groups is 1. The number of hydrogen-bond donors (Lipinski definition) is 1. The third-order valence-electron chi connectivity index (χ3n) is 3.24. The number of benzene rings is 1. The number of aromatic nitrogens is 1. The first-order valence-electron chi connectivity index (χ1n) is 7.00. The van der Waals surface area contributed by atoms with Crippen molar-refractivity contribution in [2.24, 2.45) is 0 Å². The van der Waals surface area contributed by atoms with E-state index in [0.29, 0.717) is 16.9 Å². The van der Waals surface area contributed by atoms with Crippen molar-refractivity contribution in [3.8, 4) is 0 Å². The summed E-state index contributed by atoms with van der Waals surface area (Å²) in [5, 5.41) is 15.1. The lowest BCUT2D eigenvalue weighted by Gasteiger charge is -2.16. The van der Waals surface area contributed by atoms with E-state index in [1.807, 2.05) is 11.8 Å². The van der Waals surface area contributed by atoms with Crippen LogP contribution in [0.5, 0.6) is 0 Å². The molecule has 0 saturated heterocycles. The molecule has 0 aliphatic heterocycles. The lowest BCUT2D eigenvalue weighted by molar-refractivity contribution is -0.383. The van der Waals surface area contributed by atoms with Crippen molar-refractivity contribution >= 4 is 34.0 Å². The number of nitro benzene ring substituents is 1. The van der Waals surface area contributed by atoms with Gasteiger partial charge in [-0.15, -0.1) is 0 Å². The largest absolute Gasteiger partial charge is 0.381 e. The number of nitro groups is 1. The molecule has 1 N–H and O–H groups in total. The molecule has 0 spiro atoms. The molecule has 2 aromatic rings. The molecule has 5 nitrogen and oxygen atoms in total. The lowest BCUT2D eigenvalue weighted by atomic mass is 10.1. The van der Waals surface area contributed by atoms with Gasteiger partial charge in [-0.25, -0.2) is 0 Å². The van der Waals surface area contributed by atoms with Crippen LogP contribution in [0.25, 0.3) is 10.9 Å². The fourth-order valence-electron chi connectivity index (χ4n) is 2.18. The molecule has 0 aliphatic rings. The van der Waals surface area contributed by atoms with Crippen LogP contribution in [0.15, 0.2) is 30.5 Å². The Labute approximate surface area is 128 Å². The molecule has 1 aromatic carbocycles. The topological polar surface area (TPSA) is 68.1 Å². The third kappa shape index (κ3) is 3.85. The van der Waals surface area contributed by atoms with Gasteiger partial charge in [0.1, 0.15) is 5.52 Å². The number of pyridine rings is 1. The van der Waals surface area contributed by atoms with E-state index in [1.165, 1.54) is 0 Å². The Hall–Kier alpha value is -1.82. The molecule has 0 aliphatic carbocycles. The smallest absolute Gasteiger partial charge is 0.278 e. The van der Waals surface area contributed by atoms with E-state index in [4.69, 9.17) is 0 Å². The predicted octanol–water partition coefficient (Wildman–Crippen LogP) is 4.09. The van der Waals surface area contributed by atoms with Gasteiger partial charge in [-0.2, -0.15) is 11.8 Å². The van der Waals surface area contributed by atoms with Gasteiger partial charge < -0.3 is 5.32 Å². The highest BCUT2D eigenvalue weighted by molar-refractivity contribution is 7.99. The number of nitrogens with one attached hydrogen (secondary N) is 1. The molecule has 112 valence electrons. The van der Waals surface area contributed by atoms with Crippen LogP contribution in [-0.4, -0.2) is 27.5 Å². The average molecular weight is 305 g/mol. The standard InChI is InChI=1S/C15H19N3O2S/c1-3-21-10-8-11(2)17-13-6-7-14(18(19)20)12-5-4-9-16-15(12)13/h4-7,9,11,17H,3,8,10H2,1-2H3. The van der Waals surface area contributed by atoms with E-state index in [1.54, 1.807) is 30.5 Å². The lowest BCUT2D eigenvalue weighted by Crippen LogP contribution is -2.16. The summed E-state index contributed by atoms with van der Waals surface area (Å²) < 4.78 is 0. The Morgan fingerprint density at radius 2 is 2.24 bits per heavy atom. The molecule has 0 amide bonds. The maximum Gasteiger partial charge on any atom is 0.278 e. The van der Waals surface area contributed by atoms with Gasteiger partial charge >= 0.3 is 0 Å². The molecule has 6 heteroatoms.